The number of esters is 1. The second kappa shape index (κ2) is 6.50. The van der Waals surface area contributed by atoms with E-state index in [-0.39, 0.29) is 11.5 Å². The fraction of sp³-hybridized carbons (Fsp3) is 0.0625. The molecule has 0 unspecified atom stereocenters. The number of aromatic amines is 1. The molecule has 1 aromatic carbocycles. The van der Waals surface area contributed by atoms with E-state index >= 15 is 0 Å². The van der Waals surface area contributed by atoms with Gasteiger partial charge in [-0.2, -0.15) is 5.10 Å². The van der Waals surface area contributed by atoms with Crippen LogP contribution in [0.2, 0.25) is 5.02 Å². The molecular formula is C16H11ClN2O4. The van der Waals surface area contributed by atoms with Gasteiger partial charge in [0.05, 0.1) is 17.0 Å². The lowest BCUT2D eigenvalue weighted by Gasteiger charge is -2.00. The number of carbonyl (C=O) groups is 2. The summed E-state index contributed by atoms with van der Waals surface area (Å²) in [5.41, 5.74) is 1.34. The van der Waals surface area contributed by atoms with Crippen LogP contribution >= 0.6 is 11.6 Å². The zero-order chi connectivity index (χ0) is 16.2. The summed E-state index contributed by atoms with van der Waals surface area (Å²) in [7, 11) is 0. The average Bonchev–Trinajstić information content (AvgIpc) is 3.24. The van der Waals surface area contributed by atoms with E-state index in [1.54, 1.807) is 24.3 Å². The van der Waals surface area contributed by atoms with Crippen LogP contribution in [0.15, 0.2) is 53.1 Å². The summed E-state index contributed by atoms with van der Waals surface area (Å²) in [4.78, 5) is 23.6. The fourth-order valence-electron chi connectivity index (χ4n) is 1.95. The highest BCUT2D eigenvalue weighted by molar-refractivity contribution is 6.33. The predicted octanol–water partition coefficient (Wildman–Crippen LogP) is 3.36. The van der Waals surface area contributed by atoms with Crippen molar-refractivity contribution in [3.05, 3.63) is 65.2 Å². The fourth-order valence-corrected chi connectivity index (χ4v) is 2.18. The zero-order valence-corrected chi connectivity index (χ0v) is 12.5. The van der Waals surface area contributed by atoms with Gasteiger partial charge in [0.15, 0.2) is 12.4 Å². The maximum Gasteiger partial charge on any atom is 0.356 e. The van der Waals surface area contributed by atoms with Gasteiger partial charge in [-0.15, -0.1) is 0 Å². The van der Waals surface area contributed by atoms with E-state index in [9.17, 15) is 9.59 Å². The maximum atomic E-state index is 11.9. The van der Waals surface area contributed by atoms with Crippen molar-refractivity contribution in [2.75, 3.05) is 6.61 Å². The number of carbonyl (C=O) groups excluding carboxylic acids is 2. The summed E-state index contributed by atoms with van der Waals surface area (Å²) in [5, 5.41) is 7.12. The Hall–Kier alpha value is -2.86. The van der Waals surface area contributed by atoms with E-state index in [0.717, 1.165) is 0 Å². The smallest absolute Gasteiger partial charge is 0.356 e. The molecule has 3 rings (SSSR count). The minimum atomic E-state index is -0.685. The quantitative estimate of drug-likeness (QED) is 0.572. The number of halogens is 1. The van der Waals surface area contributed by atoms with E-state index in [2.05, 4.69) is 10.2 Å². The van der Waals surface area contributed by atoms with Crippen LogP contribution in [-0.2, 0) is 4.74 Å². The highest BCUT2D eigenvalue weighted by Gasteiger charge is 2.16. The van der Waals surface area contributed by atoms with Crippen LogP contribution in [-0.4, -0.2) is 28.6 Å². The van der Waals surface area contributed by atoms with E-state index in [0.29, 0.717) is 16.3 Å². The number of Topliss-reactive ketones (excluding diaryl/α,β-unsaturated/α-hetero) is 1. The molecular weight excluding hydrogens is 320 g/mol. The molecule has 7 heteroatoms. The Bertz CT molecular complexity index is 839. The minimum Gasteiger partial charge on any atom is -0.461 e. The Kier molecular flexibility index (Phi) is 4.25. The molecule has 116 valence electrons. The number of nitrogens with zero attached hydrogens (tertiary/aromatic N) is 1. The molecule has 0 saturated heterocycles. The van der Waals surface area contributed by atoms with Crippen LogP contribution in [0.5, 0.6) is 0 Å². The van der Waals surface area contributed by atoms with E-state index in [1.165, 1.54) is 18.4 Å². The van der Waals surface area contributed by atoms with E-state index in [1.807, 2.05) is 6.07 Å². The topological polar surface area (TPSA) is 85.2 Å². The Morgan fingerprint density at radius 3 is 2.78 bits per heavy atom. The molecule has 0 saturated carbocycles. The highest BCUT2D eigenvalue weighted by atomic mass is 35.5. The van der Waals surface area contributed by atoms with Crippen molar-refractivity contribution in [1.82, 2.24) is 10.2 Å². The second-order valence-electron chi connectivity index (χ2n) is 4.62. The highest BCUT2D eigenvalue weighted by Crippen LogP contribution is 2.26. The Balaban J connectivity index is 1.67. The van der Waals surface area contributed by atoms with Crippen molar-refractivity contribution in [2.45, 2.75) is 0 Å². The Morgan fingerprint density at radius 1 is 1.22 bits per heavy atom. The molecule has 2 aromatic heterocycles. The number of ketones is 1. The monoisotopic (exact) mass is 330 g/mol. The Morgan fingerprint density at radius 2 is 2.04 bits per heavy atom. The standard InChI is InChI=1S/C16H11ClN2O4/c17-11-5-2-1-4-10(11)12-8-13(19-18-12)16(21)23-9-14(20)15-6-3-7-22-15/h1-8H,9H2,(H,18,19). The van der Waals surface area contributed by atoms with Crippen LogP contribution in [0.3, 0.4) is 0 Å². The normalized spacial score (nSPS) is 10.5. The molecule has 0 aliphatic carbocycles. The number of H-pyrrole nitrogens is 1. The molecule has 0 bridgehead atoms. The molecule has 0 aliphatic rings. The van der Waals surface area contributed by atoms with Crippen molar-refractivity contribution in [1.29, 1.82) is 0 Å². The van der Waals surface area contributed by atoms with Gasteiger partial charge in [0.1, 0.15) is 5.69 Å². The van der Waals surface area contributed by atoms with Gasteiger partial charge in [0.2, 0.25) is 5.78 Å². The summed E-state index contributed by atoms with van der Waals surface area (Å²) < 4.78 is 9.87. The first-order valence-electron chi connectivity index (χ1n) is 6.69. The molecule has 23 heavy (non-hydrogen) atoms. The lowest BCUT2D eigenvalue weighted by molar-refractivity contribution is 0.0462. The average molecular weight is 331 g/mol. The first kappa shape index (κ1) is 15.1. The summed E-state index contributed by atoms with van der Waals surface area (Å²) >= 11 is 6.08. The van der Waals surface area contributed by atoms with Gasteiger partial charge in [-0.3, -0.25) is 9.89 Å². The third-order valence-electron chi connectivity index (χ3n) is 3.08. The number of aromatic nitrogens is 2. The molecule has 0 radical (unpaired) electrons. The van der Waals surface area contributed by atoms with Crippen molar-refractivity contribution < 1.29 is 18.7 Å². The van der Waals surface area contributed by atoms with Crippen molar-refractivity contribution in [3.8, 4) is 11.3 Å². The summed E-state index contributed by atoms with van der Waals surface area (Å²) in [6.45, 7) is -0.410. The van der Waals surface area contributed by atoms with Crippen LogP contribution in [0.4, 0.5) is 0 Å². The van der Waals surface area contributed by atoms with Crippen molar-refractivity contribution in [2.24, 2.45) is 0 Å². The van der Waals surface area contributed by atoms with Crippen LogP contribution in [0.1, 0.15) is 21.0 Å². The number of benzene rings is 1. The Labute approximate surface area is 136 Å². The van der Waals surface area contributed by atoms with Crippen LogP contribution in [0, 0.1) is 0 Å². The third kappa shape index (κ3) is 3.32. The summed E-state index contributed by atoms with van der Waals surface area (Å²) in [5.74, 6) is -0.968. The number of hydrogen-bond acceptors (Lipinski definition) is 5. The number of rotatable bonds is 5. The van der Waals surface area contributed by atoms with Crippen molar-refractivity contribution >= 4 is 23.4 Å². The van der Waals surface area contributed by atoms with E-state index < -0.39 is 18.4 Å². The molecule has 2 heterocycles. The largest absolute Gasteiger partial charge is 0.461 e. The second-order valence-corrected chi connectivity index (χ2v) is 5.03. The minimum absolute atomic E-state index is 0.132. The van der Waals surface area contributed by atoms with Gasteiger partial charge in [-0.25, -0.2) is 4.79 Å². The summed E-state index contributed by atoms with van der Waals surface area (Å²) in [6, 6.07) is 11.7. The van der Waals surface area contributed by atoms with Gasteiger partial charge in [0.25, 0.3) is 0 Å². The predicted molar refractivity (Wildman–Crippen MR) is 82.4 cm³/mol. The van der Waals surface area contributed by atoms with Crippen molar-refractivity contribution in [3.63, 3.8) is 0 Å². The SMILES string of the molecule is O=C(OCC(=O)c1ccco1)c1cc(-c2ccccc2Cl)n[nH]1. The molecule has 1 N–H and O–H groups in total. The molecule has 0 aliphatic heterocycles. The number of hydrogen-bond donors (Lipinski definition) is 1. The number of nitrogens with one attached hydrogen (secondary N) is 1. The lowest BCUT2D eigenvalue weighted by atomic mass is 10.1. The van der Waals surface area contributed by atoms with Crippen LogP contribution < -0.4 is 0 Å². The maximum absolute atomic E-state index is 11.9. The van der Waals surface area contributed by atoms with Gasteiger partial charge in [-0.05, 0) is 24.3 Å². The molecule has 0 fully saturated rings. The van der Waals surface area contributed by atoms with Gasteiger partial charge < -0.3 is 9.15 Å². The molecule has 6 nitrogen and oxygen atoms in total. The third-order valence-corrected chi connectivity index (χ3v) is 3.41. The summed E-state index contributed by atoms with van der Waals surface area (Å²) in [6.07, 6.45) is 1.37. The van der Waals surface area contributed by atoms with Gasteiger partial charge in [0, 0.05) is 5.56 Å². The molecule has 0 atom stereocenters. The first-order valence-corrected chi connectivity index (χ1v) is 7.07. The van der Waals surface area contributed by atoms with E-state index in [4.69, 9.17) is 20.8 Å². The van der Waals surface area contributed by atoms with Gasteiger partial charge >= 0.3 is 5.97 Å². The number of ether oxygens (including phenoxy) is 1. The zero-order valence-electron chi connectivity index (χ0n) is 11.8. The first-order chi connectivity index (χ1) is 11.1. The lowest BCUT2D eigenvalue weighted by Crippen LogP contribution is -2.14. The molecule has 0 spiro atoms. The van der Waals surface area contributed by atoms with Crippen LogP contribution in [0.25, 0.3) is 11.3 Å². The number of furan rings is 1. The van der Waals surface area contributed by atoms with Gasteiger partial charge in [-0.1, -0.05) is 29.8 Å². The molecule has 3 aromatic rings. The molecule has 0 amide bonds.